The highest BCUT2D eigenvalue weighted by Crippen LogP contribution is 2.36. The highest BCUT2D eigenvalue weighted by Gasteiger charge is 2.43. The lowest BCUT2D eigenvalue weighted by Crippen LogP contribution is -2.42. The molecule has 2 aromatic rings. The first-order chi connectivity index (χ1) is 16.8. The van der Waals surface area contributed by atoms with Crippen molar-refractivity contribution in [3.8, 4) is 5.75 Å². The van der Waals surface area contributed by atoms with Crippen molar-refractivity contribution in [2.24, 2.45) is 4.40 Å². The Kier molecular flexibility index (Phi) is 8.18. The monoisotopic (exact) mass is 579 g/mol. The molecule has 0 bridgehead atoms. The van der Waals surface area contributed by atoms with Gasteiger partial charge in [-0.25, -0.2) is 0 Å². The second kappa shape index (κ2) is 11.1. The third kappa shape index (κ3) is 6.25. The Hall–Kier alpha value is -2.37. The lowest BCUT2D eigenvalue weighted by Gasteiger charge is -2.30. The van der Waals surface area contributed by atoms with Crippen LogP contribution >= 0.6 is 27.7 Å². The molecule has 4 rings (SSSR count). The second-order valence-electron chi connectivity index (χ2n) is 8.39. The summed E-state index contributed by atoms with van der Waals surface area (Å²) in [5.41, 5.74) is 0.556. The molecule has 1 heterocycles. The molecule has 2 amide bonds. The van der Waals surface area contributed by atoms with Crippen molar-refractivity contribution in [1.82, 2.24) is 4.90 Å². The SMILES string of the molecule is COc1cccc(NC(=O)CC2SC(=NS(=O)(=O)c3ccc(Br)cc3)N(C3CCCCC3)C2=O)c1. The summed E-state index contributed by atoms with van der Waals surface area (Å²) < 4.78 is 36.0. The molecule has 8 nitrogen and oxygen atoms in total. The lowest BCUT2D eigenvalue weighted by atomic mass is 9.94. The van der Waals surface area contributed by atoms with Crippen LogP contribution < -0.4 is 10.1 Å². The molecule has 11 heteroatoms. The number of carbonyl (C=O) groups is 2. The number of methoxy groups -OCH3 is 1. The van der Waals surface area contributed by atoms with Crippen LogP contribution in [0.5, 0.6) is 5.75 Å². The van der Waals surface area contributed by atoms with E-state index in [0.29, 0.717) is 11.4 Å². The zero-order chi connectivity index (χ0) is 25.0. The van der Waals surface area contributed by atoms with Gasteiger partial charge in [0, 0.05) is 28.7 Å². The van der Waals surface area contributed by atoms with Gasteiger partial charge in [0.05, 0.1) is 12.0 Å². The van der Waals surface area contributed by atoms with Crippen molar-refractivity contribution in [1.29, 1.82) is 0 Å². The van der Waals surface area contributed by atoms with Crippen LogP contribution in [0.15, 0.2) is 62.3 Å². The van der Waals surface area contributed by atoms with Gasteiger partial charge in [0.1, 0.15) is 11.0 Å². The fourth-order valence-corrected chi connectivity index (χ4v) is 6.86. The molecule has 1 N–H and O–H groups in total. The first kappa shape index (κ1) is 25.7. The first-order valence-electron chi connectivity index (χ1n) is 11.3. The summed E-state index contributed by atoms with van der Waals surface area (Å²) in [4.78, 5) is 27.7. The molecule has 0 aromatic heterocycles. The molecule has 1 saturated carbocycles. The Morgan fingerprint density at radius 3 is 2.57 bits per heavy atom. The van der Waals surface area contributed by atoms with Gasteiger partial charge in [0.2, 0.25) is 11.8 Å². The predicted molar refractivity (Wildman–Crippen MR) is 140 cm³/mol. The van der Waals surface area contributed by atoms with E-state index in [1.165, 1.54) is 24.1 Å². The third-order valence-electron chi connectivity index (χ3n) is 5.94. The maximum atomic E-state index is 13.4. The number of hydrogen-bond donors (Lipinski definition) is 1. The number of amides is 2. The Morgan fingerprint density at radius 1 is 1.17 bits per heavy atom. The molecular formula is C24H26BrN3O5S2. The van der Waals surface area contributed by atoms with Crippen LogP contribution in [-0.4, -0.2) is 48.7 Å². The average molecular weight is 581 g/mol. The highest BCUT2D eigenvalue weighted by molar-refractivity contribution is 9.10. The molecule has 1 aliphatic carbocycles. The van der Waals surface area contributed by atoms with Crippen LogP contribution in [-0.2, 0) is 19.6 Å². The predicted octanol–water partition coefficient (Wildman–Crippen LogP) is 4.81. The molecule has 186 valence electrons. The second-order valence-corrected chi connectivity index (χ2v) is 12.1. The Morgan fingerprint density at radius 2 is 1.89 bits per heavy atom. The summed E-state index contributed by atoms with van der Waals surface area (Å²) in [5, 5.41) is 2.18. The van der Waals surface area contributed by atoms with Crippen LogP contribution in [0.1, 0.15) is 38.5 Å². The number of ether oxygens (including phenoxy) is 1. The van der Waals surface area contributed by atoms with Gasteiger partial charge in [-0.05, 0) is 49.2 Å². The van der Waals surface area contributed by atoms with E-state index in [1.54, 1.807) is 36.4 Å². The normalized spacial score (nSPS) is 20.3. The van der Waals surface area contributed by atoms with Gasteiger partial charge in [-0.3, -0.25) is 14.5 Å². The summed E-state index contributed by atoms with van der Waals surface area (Å²) in [6, 6.07) is 13.0. The van der Waals surface area contributed by atoms with Gasteiger partial charge in [-0.15, -0.1) is 4.40 Å². The fraction of sp³-hybridized carbons (Fsp3) is 0.375. The standard InChI is InChI=1S/C24H26BrN3O5S2/c1-33-19-9-5-6-17(14-19)26-22(29)15-21-23(30)28(18-7-3-2-4-8-18)24(34-21)27-35(31,32)20-12-10-16(25)11-13-20/h5-6,9-14,18,21H,2-4,7-8,15H2,1H3,(H,26,29). The van der Waals surface area contributed by atoms with Crippen LogP contribution in [0.25, 0.3) is 0 Å². The van der Waals surface area contributed by atoms with Gasteiger partial charge >= 0.3 is 0 Å². The third-order valence-corrected chi connectivity index (χ3v) is 9.02. The topological polar surface area (TPSA) is 105 Å². The minimum absolute atomic E-state index is 0.0454. The van der Waals surface area contributed by atoms with Crippen molar-refractivity contribution >= 4 is 60.4 Å². The van der Waals surface area contributed by atoms with Crippen molar-refractivity contribution < 1.29 is 22.7 Å². The number of amidine groups is 1. The molecule has 0 radical (unpaired) electrons. The van der Waals surface area contributed by atoms with Crippen molar-refractivity contribution in [3.63, 3.8) is 0 Å². The lowest BCUT2D eigenvalue weighted by molar-refractivity contribution is -0.130. The first-order valence-corrected chi connectivity index (χ1v) is 14.4. The van der Waals surface area contributed by atoms with Gasteiger partial charge in [-0.1, -0.05) is 53.0 Å². The molecule has 1 unspecified atom stereocenters. The molecular weight excluding hydrogens is 554 g/mol. The highest BCUT2D eigenvalue weighted by atomic mass is 79.9. The molecule has 1 saturated heterocycles. The number of thioether (sulfide) groups is 1. The van der Waals surface area contributed by atoms with Gasteiger partial charge < -0.3 is 10.1 Å². The fourth-order valence-electron chi connectivity index (χ4n) is 4.20. The van der Waals surface area contributed by atoms with E-state index in [0.717, 1.165) is 48.3 Å². The van der Waals surface area contributed by atoms with E-state index in [9.17, 15) is 18.0 Å². The Labute approximate surface area is 217 Å². The number of rotatable bonds is 7. The number of nitrogens with zero attached hydrogens (tertiary/aromatic N) is 2. The summed E-state index contributed by atoms with van der Waals surface area (Å²) in [6.07, 6.45) is 4.49. The van der Waals surface area contributed by atoms with E-state index in [-0.39, 0.29) is 34.3 Å². The number of benzene rings is 2. The number of hydrogen-bond acceptors (Lipinski definition) is 6. The van der Waals surface area contributed by atoms with Gasteiger partial charge in [0.25, 0.3) is 10.0 Å². The number of halogens is 1. The van der Waals surface area contributed by atoms with Crippen molar-refractivity contribution in [2.45, 2.75) is 54.7 Å². The van der Waals surface area contributed by atoms with Crippen LogP contribution in [0.3, 0.4) is 0 Å². The Bertz CT molecular complexity index is 1230. The number of carbonyl (C=O) groups excluding carboxylic acids is 2. The molecule has 35 heavy (non-hydrogen) atoms. The quantitative estimate of drug-likeness (QED) is 0.504. The average Bonchev–Trinajstić information content (AvgIpc) is 3.13. The molecule has 2 aromatic carbocycles. The molecule has 1 atom stereocenters. The van der Waals surface area contributed by atoms with E-state index >= 15 is 0 Å². The smallest absolute Gasteiger partial charge is 0.284 e. The summed E-state index contributed by atoms with van der Waals surface area (Å²) in [6.45, 7) is 0. The van der Waals surface area contributed by atoms with Crippen LogP contribution in [0, 0.1) is 0 Å². The van der Waals surface area contributed by atoms with Crippen molar-refractivity contribution in [3.05, 3.63) is 53.0 Å². The number of sulfonamides is 1. The maximum Gasteiger partial charge on any atom is 0.284 e. The maximum absolute atomic E-state index is 13.4. The minimum atomic E-state index is -4.03. The van der Waals surface area contributed by atoms with Crippen LogP contribution in [0.2, 0.25) is 0 Å². The zero-order valence-corrected chi connectivity index (χ0v) is 22.4. The van der Waals surface area contributed by atoms with E-state index in [1.807, 2.05) is 0 Å². The summed E-state index contributed by atoms with van der Waals surface area (Å²) in [5.74, 6) is -0.0117. The molecule has 2 aliphatic rings. The molecule has 2 fully saturated rings. The summed E-state index contributed by atoms with van der Waals surface area (Å²) in [7, 11) is -2.49. The Balaban J connectivity index is 1.56. The molecule has 1 aliphatic heterocycles. The largest absolute Gasteiger partial charge is 0.497 e. The van der Waals surface area contributed by atoms with Gasteiger partial charge in [0.15, 0.2) is 5.17 Å². The van der Waals surface area contributed by atoms with Crippen LogP contribution in [0.4, 0.5) is 5.69 Å². The summed E-state index contributed by atoms with van der Waals surface area (Å²) >= 11 is 4.34. The number of nitrogens with one attached hydrogen (secondary N) is 1. The van der Waals surface area contributed by atoms with E-state index in [2.05, 4.69) is 25.6 Å². The zero-order valence-electron chi connectivity index (χ0n) is 19.1. The van der Waals surface area contributed by atoms with E-state index < -0.39 is 15.3 Å². The van der Waals surface area contributed by atoms with E-state index in [4.69, 9.17) is 4.74 Å². The van der Waals surface area contributed by atoms with Crippen molar-refractivity contribution in [2.75, 3.05) is 12.4 Å². The number of anilines is 1. The van der Waals surface area contributed by atoms with Gasteiger partial charge in [-0.2, -0.15) is 8.42 Å². The minimum Gasteiger partial charge on any atom is -0.497 e. The molecule has 0 spiro atoms.